The number of nitrogens with one attached hydrogen (secondary N) is 2. The number of anilines is 3. The summed E-state index contributed by atoms with van der Waals surface area (Å²) in [6.45, 7) is 4.40. The van der Waals surface area contributed by atoms with Crippen molar-refractivity contribution in [2.75, 3.05) is 23.8 Å². The number of benzene rings is 1. The molecule has 0 saturated carbocycles. The zero-order valence-corrected chi connectivity index (χ0v) is 13.0. The van der Waals surface area contributed by atoms with Crippen molar-refractivity contribution in [3.8, 4) is 0 Å². The molecule has 6 heteroatoms. The van der Waals surface area contributed by atoms with Crippen molar-refractivity contribution < 1.29 is 5.11 Å². The second kappa shape index (κ2) is 6.67. The van der Waals surface area contributed by atoms with Crippen molar-refractivity contribution in [3.63, 3.8) is 0 Å². The Kier molecular flexibility index (Phi) is 4.92. The molecule has 0 aliphatic rings. The van der Waals surface area contributed by atoms with Crippen molar-refractivity contribution in [3.05, 3.63) is 40.1 Å². The van der Waals surface area contributed by atoms with Gasteiger partial charge in [0, 0.05) is 22.8 Å². The van der Waals surface area contributed by atoms with Gasteiger partial charge in [-0.2, -0.15) is 0 Å². The number of halogens is 1. The van der Waals surface area contributed by atoms with Gasteiger partial charge in [-0.3, -0.25) is 0 Å². The second-order valence-electron chi connectivity index (χ2n) is 4.42. The molecule has 0 bridgehead atoms. The van der Waals surface area contributed by atoms with Crippen LogP contribution in [0.2, 0.25) is 0 Å². The topological polar surface area (TPSA) is 70.1 Å². The Morgan fingerprint density at radius 2 is 1.90 bits per heavy atom. The minimum absolute atomic E-state index is 0.0671. The zero-order valence-electron chi connectivity index (χ0n) is 11.4. The largest absolute Gasteiger partial charge is 0.395 e. The third kappa shape index (κ3) is 3.91. The van der Waals surface area contributed by atoms with Gasteiger partial charge in [0.2, 0.25) is 0 Å². The average Bonchev–Trinajstić information content (AvgIpc) is 2.39. The molecule has 0 spiro atoms. The van der Waals surface area contributed by atoms with Gasteiger partial charge in [-0.05, 0) is 37.6 Å². The van der Waals surface area contributed by atoms with Crippen molar-refractivity contribution in [2.24, 2.45) is 0 Å². The molecule has 0 radical (unpaired) electrons. The van der Waals surface area contributed by atoms with E-state index in [1.165, 1.54) is 0 Å². The van der Waals surface area contributed by atoms with E-state index in [-0.39, 0.29) is 6.61 Å². The number of aromatic nitrogens is 2. The lowest BCUT2D eigenvalue weighted by Crippen LogP contribution is -2.09. The molecule has 0 fully saturated rings. The lowest BCUT2D eigenvalue weighted by atomic mass is 10.2. The Labute approximate surface area is 126 Å². The van der Waals surface area contributed by atoms with Crippen LogP contribution in [0, 0.1) is 13.8 Å². The Morgan fingerprint density at radius 3 is 2.60 bits per heavy atom. The number of hydrogen-bond donors (Lipinski definition) is 3. The van der Waals surface area contributed by atoms with E-state index in [9.17, 15) is 0 Å². The highest BCUT2D eigenvalue weighted by molar-refractivity contribution is 9.10. The van der Waals surface area contributed by atoms with Gasteiger partial charge >= 0.3 is 0 Å². The average molecular weight is 337 g/mol. The first-order chi connectivity index (χ1) is 9.58. The number of nitrogens with zero attached hydrogens (tertiary/aromatic N) is 2. The van der Waals surface area contributed by atoms with Crippen molar-refractivity contribution in [1.29, 1.82) is 0 Å². The summed E-state index contributed by atoms with van der Waals surface area (Å²) in [6.07, 6.45) is 0. The maximum atomic E-state index is 8.84. The first-order valence-corrected chi connectivity index (χ1v) is 7.11. The molecule has 2 rings (SSSR count). The van der Waals surface area contributed by atoms with Gasteiger partial charge in [-0.25, -0.2) is 9.97 Å². The lowest BCUT2D eigenvalue weighted by molar-refractivity contribution is 0.311. The number of aliphatic hydroxyl groups is 1. The summed E-state index contributed by atoms with van der Waals surface area (Å²) < 4.78 is 1.05. The van der Waals surface area contributed by atoms with Crippen LogP contribution >= 0.6 is 15.9 Å². The number of aliphatic hydroxyl groups excluding tert-OH is 1. The van der Waals surface area contributed by atoms with E-state index in [1.54, 1.807) is 0 Å². The Balaban J connectivity index is 2.21. The normalized spacial score (nSPS) is 10.4. The fraction of sp³-hybridized carbons (Fsp3) is 0.286. The molecule has 3 N–H and O–H groups in total. The van der Waals surface area contributed by atoms with Gasteiger partial charge in [0.25, 0.3) is 0 Å². The predicted octanol–water partition coefficient (Wildman–Crippen LogP) is 3.00. The van der Waals surface area contributed by atoms with Crippen LogP contribution in [0.1, 0.15) is 11.4 Å². The summed E-state index contributed by atoms with van der Waals surface area (Å²) >= 11 is 3.45. The molecule has 0 atom stereocenters. The molecule has 1 aromatic carbocycles. The zero-order chi connectivity index (χ0) is 14.5. The Hall–Kier alpha value is -1.66. The first kappa shape index (κ1) is 14.7. The predicted molar refractivity (Wildman–Crippen MR) is 84.5 cm³/mol. The molecule has 0 amide bonds. The fourth-order valence-corrected chi connectivity index (χ4v) is 2.29. The van der Waals surface area contributed by atoms with Crippen LogP contribution < -0.4 is 10.6 Å². The van der Waals surface area contributed by atoms with Crippen molar-refractivity contribution >= 4 is 33.3 Å². The summed E-state index contributed by atoms with van der Waals surface area (Å²) in [7, 11) is 0. The highest BCUT2D eigenvalue weighted by Crippen LogP contribution is 2.23. The molecule has 5 nitrogen and oxygen atoms in total. The summed E-state index contributed by atoms with van der Waals surface area (Å²) in [6, 6.07) is 7.84. The maximum Gasteiger partial charge on any atom is 0.136 e. The van der Waals surface area contributed by atoms with Gasteiger partial charge in [-0.15, -0.1) is 0 Å². The van der Waals surface area contributed by atoms with Crippen LogP contribution in [0.5, 0.6) is 0 Å². The summed E-state index contributed by atoms with van der Waals surface area (Å²) in [5.41, 5.74) is 2.12. The molecule has 0 saturated heterocycles. The van der Waals surface area contributed by atoms with Crippen LogP contribution in [0.15, 0.2) is 28.7 Å². The number of rotatable bonds is 5. The van der Waals surface area contributed by atoms with Crippen LogP contribution in [0.4, 0.5) is 17.3 Å². The van der Waals surface area contributed by atoms with E-state index >= 15 is 0 Å². The van der Waals surface area contributed by atoms with E-state index in [4.69, 9.17) is 5.11 Å². The molecule has 0 unspecified atom stereocenters. The van der Waals surface area contributed by atoms with Gasteiger partial charge in [0.05, 0.1) is 6.61 Å². The second-order valence-corrected chi connectivity index (χ2v) is 5.34. The van der Waals surface area contributed by atoms with E-state index in [0.717, 1.165) is 21.5 Å². The molecule has 20 heavy (non-hydrogen) atoms. The van der Waals surface area contributed by atoms with Crippen LogP contribution in [0.25, 0.3) is 0 Å². The number of hydrogen-bond acceptors (Lipinski definition) is 5. The minimum atomic E-state index is 0.0671. The molecule has 1 aromatic heterocycles. The summed E-state index contributed by atoms with van der Waals surface area (Å²) in [4.78, 5) is 8.63. The highest BCUT2D eigenvalue weighted by Gasteiger charge is 2.04. The first-order valence-electron chi connectivity index (χ1n) is 6.32. The molecule has 0 aliphatic heterocycles. The van der Waals surface area contributed by atoms with Gasteiger partial charge in [-0.1, -0.05) is 15.9 Å². The minimum Gasteiger partial charge on any atom is -0.395 e. The SMILES string of the molecule is Cc1nc(NCCO)cc(Nc2ccc(Br)cc2C)n1. The van der Waals surface area contributed by atoms with Gasteiger partial charge in [0.15, 0.2) is 0 Å². The monoisotopic (exact) mass is 336 g/mol. The molecular formula is C14H17BrN4O. The number of aryl methyl sites for hydroxylation is 2. The molecule has 2 aromatic rings. The van der Waals surface area contributed by atoms with E-state index < -0.39 is 0 Å². The third-order valence-electron chi connectivity index (χ3n) is 2.71. The van der Waals surface area contributed by atoms with Gasteiger partial charge in [0.1, 0.15) is 17.5 Å². The van der Waals surface area contributed by atoms with Crippen molar-refractivity contribution in [1.82, 2.24) is 9.97 Å². The van der Waals surface area contributed by atoms with Crippen molar-refractivity contribution in [2.45, 2.75) is 13.8 Å². The fourth-order valence-electron chi connectivity index (χ4n) is 1.81. The molecule has 1 heterocycles. The highest BCUT2D eigenvalue weighted by atomic mass is 79.9. The Bertz CT molecular complexity index is 604. The smallest absolute Gasteiger partial charge is 0.136 e. The summed E-state index contributed by atoms with van der Waals surface area (Å²) in [5, 5.41) is 15.2. The summed E-state index contributed by atoms with van der Waals surface area (Å²) in [5.74, 6) is 2.09. The van der Waals surface area contributed by atoms with Gasteiger partial charge < -0.3 is 15.7 Å². The third-order valence-corrected chi connectivity index (χ3v) is 3.20. The van der Waals surface area contributed by atoms with Crippen LogP contribution in [-0.4, -0.2) is 28.2 Å². The maximum absolute atomic E-state index is 8.84. The molecule has 0 aliphatic carbocycles. The van der Waals surface area contributed by atoms with Crippen LogP contribution in [0.3, 0.4) is 0 Å². The standard InChI is InChI=1S/C14H17BrN4O/c1-9-7-11(15)3-4-12(9)19-14-8-13(16-5-6-20)17-10(2)18-14/h3-4,7-8,20H,5-6H2,1-2H3,(H2,16,17,18,19). The Morgan fingerprint density at radius 1 is 1.15 bits per heavy atom. The lowest BCUT2D eigenvalue weighted by Gasteiger charge is -2.11. The van der Waals surface area contributed by atoms with E-state index in [0.29, 0.717) is 18.2 Å². The van der Waals surface area contributed by atoms with Crippen LogP contribution in [-0.2, 0) is 0 Å². The van der Waals surface area contributed by atoms with E-state index in [2.05, 4.69) is 36.5 Å². The van der Waals surface area contributed by atoms with E-state index in [1.807, 2.05) is 38.1 Å². The quantitative estimate of drug-likeness (QED) is 0.782. The molecule has 106 valence electrons. The molecular weight excluding hydrogens is 320 g/mol.